The second kappa shape index (κ2) is 4.54. The van der Waals surface area contributed by atoms with Gasteiger partial charge in [0, 0.05) is 13.5 Å². The van der Waals surface area contributed by atoms with Gasteiger partial charge in [0.25, 0.3) is 0 Å². The number of hydrogen-bond acceptors (Lipinski definition) is 4. The van der Waals surface area contributed by atoms with Crippen molar-refractivity contribution in [2.45, 2.75) is 19.9 Å². The Bertz CT molecular complexity index is 385. The minimum atomic E-state index is -1.11. The van der Waals surface area contributed by atoms with Gasteiger partial charge in [0.05, 0.1) is 12.2 Å². The summed E-state index contributed by atoms with van der Waals surface area (Å²) in [7, 11) is 1.54. The lowest BCUT2D eigenvalue weighted by Gasteiger charge is -2.01. The van der Waals surface area contributed by atoms with Crippen molar-refractivity contribution in [3.05, 3.63) is 11.4 Å². The first-order chi connectivity index (χ1) is 7.06. The van der Waals surface area contributed by atoms with E-state index in [1.807, 2.05) is 0 Å². The average molecular weight is 212 g/mol. The Morgan fingerprint density at radius 3 is 2.67 bits per heavy atom. The van der Waals surface area contributed by atoms with Crippen LogP contribution in [0.3, 0.4) is 0 Å². The average Bonchev–Trinajstić information content (AvgIpc) is 2.56. The van der Waals surface area contributed by atoms with Crippen molar-refractivity contribution in [1.29, 1.82) is 0 Å². The summed E-state index contributed by atoms with van der Waals surface area (Å²) in [5.41, 5.74) is 0.373. The number of carboxylic acids is 1. The van der Waals surface area contributed by atoms with E-state index in [1.165, 1.54) is 4.68 Å². The van der Waals surface area contributed by atoms with Crippen molar-refractivity contribution in [2.75, 3.05) is 7.05 Å². The second-order valence-corrected chi connectivity index (χ2v) is 2.97. The van der Waals surface area contributed by atoms with Gasteiger partial charge in [0.1, 0.15) is 0 Å². The van der Waals surface area contributed by atoms with Gasteiger partial charge in [0.15, 0.2) is 5.69 Å². The van der Waals surface area contributed by atoms with E-state index in [0.717, 1.165) is 0 Å². The Morgan fingerprint density at radius 2 is 2.20 bits per heavy atom. The van der Waals surface area contributed by atoms with Gasteiger partial charge in [-0.1, -0.05) is 5.21 Å². The number of aryl methyl sites for hydroxylation is 1. The standard InChI is InChI=1S/C8H12N4O3/c1-5-7(8(14)15)10-11-12(5)4-3-6(13)9-2/h3-4H2,1-2H3,(H,9,13)(H,14,15). The van der Waals surface area contributed by atoms with Crippen molar-refractivity contribution in [3.63, 3.8) is 0 Å². The zero-order chi connectivity index (χ0) is 11.4. The smallest absolute Gasteiger partial charge is 0.358 e. The van der Waals surface area contributed by atoms with Crippen molar-refractivity contribution in [2.24, 2.45) is 0 Å². The molecule has 0 aromatic carbocycles. The second-order valence-electron chi connectivity index (χ2n) is 2.97. The third-order valence-corrected chi connectivity index (χ3v) is 2.01. The number of aromatic carboxylic acids is 1. The molecule has 0 atom stereocenters. The molecule has 1 aromatic rings. The summed E-state index contributed by atoms with van der Waals surface area (Å²) in [5.74, 6) is -1.24. The van der Waals surface area contributed by atoms with Gasteiger partial charge in [-0.05, 0) is 6.92 Å². The van der Waals surface area contributed by atoms with Gasteiger partial charge in [-0.25, -0.2) is 9.48 Å². The SMILES string of the molecule is CNC(=O)CCn1nnc(C(=O)O)c1C. The summed E-state index contributed by atoms with van der Waals surface area (Å²) < 4.78 is 1.40. The molecule has 0 bridgehead atoms. The Balaban J connectivity index is 2.71. The summed E-state index contributed by atoms with van der Waals surface area (Å²) in [6, 6.07) is 0. The molecule has 1 heterocycles. The molecule has 2 N–H and O–H groups in total. The van der Waals surface area contributed by atoms with Gasteiger partial charge >= 0.3 is 5.97 Å². The molecule has 0 spiro atoms. The maximum atomic E-state index is 10.9. The summed E-state index contributed by atoms with van der Waals surface area (Å²) in [5, 5.41) is 18.3. The third kappa shape index (κ3) is 2.52. The van der Waals surface area contributed by atoms with Crippen LogP contribution in [0.1, 0.15) is 22.6 Å². The largest absolute Gasteiger partial charge is 0.476 e. The first-order valence-corrected chi connectivity index (χ1v) is 4.40. The molecule has 7 heteroatoms. The number of carbonyl (C=O) groups is 2. The highest BCUT2D eigenvalue weighted by Crippen LogP contribution is 2.03. The third-order valence-electron chi connectivity index (χ3n) is 2.01. The molecule has 0 aliphatic heterocycles. The van der Waals surface area contributed by atoms with E-state index in [2.05, 4.69) is 15.6 Å². The zero-order valence-corrected chi connectivity index (χ0v) is 8.52. The van der Waals surface area contributed by atoms with Crippen LogP contribution in [-0.4, -0.2) is 39.0 Å². The van der Waals surface area contributed by atoms with Gasteiger partial charge < -0.3 is 10.4 Å². The van der Waals surface area contributed by atoms with Gasteiger partial charge in [0.2, 0.25) is 5.91 Å². The van der Waals surface area contributed by atoms with E-state index in [1.54, 1.807) is 14.0 Å². The Labute approximate surface area is 86.1 Å². The molecule has 0 unspecified atom stereocenters. The normalized spacial score (nSPS) is 10.0. The van der Waals surface area contributed by atoms with E-state index < -0.39 is 5.97 Å². The van der Waals surface area contributed by atoms with Crippen LogP contribution in [-0.2, 0) is 11.3 Å². The molecule has 1 amide bonds. The first-order valence-electron chi connectivity index (χ1n) is 4.40. The molecule has 15 heavy (non-hydrogen) atoms. The van der Waals surface area contributed by atoms with Crippen LogP contribution in [0, 0.1) is 6.92 Å². The van der Waals surface area contributed by atoms with Gasteiger partial charge in [-0.15, -0.1) is 5.10 Å². The van der Waals surface area contributed by atoms with E-state index in [9.17, 15) is 9.59 Å². The molecule has 0 aliphatic rings. The van der Waals surface area contributed by atoms with Crippen molar-refractivity contribution >= 4 is 11.9 Å². The van der Waals surface area contributed by atoms with E-state index in [4.69, 9.17) is 5.11 Å². The van der Waals surface area contributed by atoms with Crippen LogP contribution in [0.5, 0.6) is 0 Å². The number of rotatable bonds is 4. The van der Waals surface area contributed by atoms with Gasteiger partial charge in [-0.2, -0.15) is 0 Å². The van der Waals surface area contributed by atoms with Crippen LogP contribution >= 0.6 is 0 Å². The highest BCUT2D eigenvalue weighted by Gasteiger charge is 2.15. The molecule has 0 saturated heterocycles. The highest BCUT2D eigenvalue weighted by molar-refractivity contribution is 5.86. The predicted molar refractivity (Wildman–Crippen MR) is 50.4 cm³/mol. The van der Waals surface area contributed by atoms with E-state index in [-0.39, 0.29) is 18.0 Å². The van der Waals surface area contributed by atoms with Crippen LogP contribution in [0.4, 0.5) is 0 Å². The van der Waals surface area contributed by atoms with Crippen LogP contribution in [0.15, 0.2) is 0 Å². The number of carboxylic acid groups (broad SMARTS) is 1. The van der Waals surface area contributed by atoms with E-state index in [0.29, 0.717) is 12.2 Å². The molecule has 82 valence electrons. The lowest BCUT2D eigenvalue weighted by Crippen LogP contribution is -2.20. The number of amides is 1. The maximum Gasteiger partial charge on any atom is 0.358 e. The number of nitrogens with one attached hydrogen (secondary N) is 1. The Hall–Kier alpha value is -1.92. The minimum Gasteiger partial charge on any atom is -0.476 e. The highest BCUT2D eigenvalue weighted by atomic mass is 16.4. The van der Waals surface area contributed by atoms with Crippen molar-refractivity contribution in [3.8, 4) is 0 Å². The molecule has 1 rings (SSSR count). The number of nitrogens with zero attached hydrogens (tertiary/aromatic N) is 3. The topological polar surface area (TPSA) is 97.1 Å². The molecule has 1 aromatic heterocycles. The molecule has 0 aliphatic carbocycles. The lowest BCUT2D eigenvalue weighted by atomic mass is 10.3. The van der Waals surface area contributed by atoms with Crippen LogP contribution in [0.2, 0.25) is 0 Å². The minimum absolute atomic E-state index is 0.0769. The summed E-state index contributed by atoms with van der Waals surface area (Å²) in [4.78, 5) is 21.6. The molecular weight excluding hydrogens is 200 g/mol. The van der Waals surface area contributed by atoms with Crippen molar-refractivity contribution < 1.29 is 14.7 Å². The number of aromatic nitrogens is 3. The Morgan fingerprint density at radius 1 is 1.53 bits per heavy atom. The number of hydrogen-bond donors (Lipinski definition) is 2. The molecule has 7 nitrogen and oxygen atoms in total. The fraction of sp³-hybridized carbons (Fsp3) is 0.500. The summed E-state index contributed by atoms with van der Waals surface area (Å²) in [6.45, 7) is 1.93. The molecule has 0 saturated carbocycles. The van der Waals surface area contributed by atoms with Crippen molar-refractivity contribution in [1.82, 2.24) is 20.3 Å². The fourth-order valence-corrected chi connectivity index (χ4v) is 1.10. The Kier molecular flexibility index (Phi) is 3.37. The zero-order valence-electron chi connectivity index (χ0n) is 8.52. The molecule has 0 fully saturated rings. The summed E-state index contributed by atoms with van der Waals surface area (Å²) in [6.07, 6.45) is 0.250. The lowest BCUT2D eigenvalue weighted by molar-refractivity contribution is -0.120. The maximum absolute atomic E-state index is 10.9. The molecule has 0 radical (unpaired) electrons. The van der Waals surface area contributed by atoms with Crippen LogP contribution in [0.25, 0.3) is 0 Å². The number of carbonyl (C=O) groups excluding carboxylic acids is 1. The monoisotopic (exact) mass is 212 g/mol. The van der Waals surface area contributed by atoms with E-state index >= 15 is 0 Å². The quantitative estimate of drug-likeness (QED) is 0.696. The van der Waals surface area contributed by atoms with Crippen LogP contribution < -0.4 is 5.32 Å². The first kappa shape index (κ1) is 11.2. The fourth-order valence-electron chi connectivity index (χ4n) is 1.10. The summed E-state index contributed by atoms with van der Waals surface area (Å²) >= 11 is 0. The predicted octanol–water partition coefficient (Wildman–Crippen LogP) is -0.579. The molecular formula is C8H12N4O3. The van der Waals surface area contributed by atoms with Gasteiger partial charge in [-0.3, -0.25) is 4.79 Å².